The number of nitrogens with zero attached hydrogens (tertiary/aromatic N) is 4. The van der Waals surface area contributed by atoms with Gasteiger partial charge in [0.15, 0.2) is 23.2 Å². The quantitative estimate of drug-likeness (QED) is 0.542. The van der Waals surface area contributed by atoms with Crippen molar-refractivity contribution in [2.75, 3.05) is 18.5 Å². The maximum atomic E-state index is 12.1. The third-order valence-electron chi connectivity index (χ3n) is 4.45. The summed E-state index contributed by atoms with van der Waals surface area (Å²) in [6.45, 7) is 8.09. The van der Waals surface area contributed by atoms with E-state index in [-0.39, 0.29) is 12.4 Å². The predicted octanol–water partition coefficient (Wildman–Crippen LogP) is 2.11. The van der Waals surface area contributed by atoms with Gasteiger partial charge in [-0.05, 0) is 27.2 Å². The van der Waals surface area contributed by atoms with E-state index in [2.05, 4.69) is 26.2 Å². The van der Waals surface area contributed by atoms with E-state index in [0.29, 0.717) is 17.8 Å². The highest BCUT2D eigenvalue weighted by atomic mass is 16.6. The molecule has 162 valence electrons. The fraction of sp³-hybridized carbons (Fsp3) is 0.600. The van der Waals surface area contributed by atoms with Gasteiger partial charge in [0.25, 0.3) is 0 Å². The Bertz CT molecular complexity index is 932. The van der Waals surface area contributed by atoms with Crippen LogP contribution >= 0.6 is 0 Å². The van der Waals surface area contributed by atoms with E-state index in [1.54, 1.807) is 25.3 Å². The Morgan fingerprint density at radius 3 is 2.83 bits per heavy atom. The van der Waals surface area contributed by atoms with Crippen LogP contribution in [0.15, 0.2) is 12.7 Å². The zero-order chi connectivity index (χ0) is 21.9. The lowest BCUT2D eigenvalue weighted by molar-refractivity contribution is -0.0617. The van der Waals surface area contributed by atoms with Gasteiger partial charge in [-0.3, -0.25) is 9.88 Å². The molecule has 3 rings (SSSR count). The number of anilines is 1. The maximum absolute atomic E-state index is 12.1. The van der Waals surface area contributed by atoms with Crippen molar-refractivity contribution in [3.63, 3.8) is 0 Å². The van der Waals surface area contributed by atoms with Crippen LogP contribution in [0, 0.1) is 18.3 Å². The molecule has 1 aliphatic heterocycles. The summed E-state index contributed by atoms with van der Waals surface area (Å²) < 4.78 is 18.4. The zero-order valence-electron chi connectivity index (χ0n) is 17.5. The number of terminal acetylenes is 1. The molecule has 0 bridgehead atoms. The first-order valence-corrected chi connectivity index (χ1v) is 9.80. The van der Waals surface area contributed by atoms with Crippen molar-refractivity contribution in [3.8, 4) is 12.3 Å². The smallest absolute Gasteiger partial charge is 0.413 e. The Hall–Kier alpha value is -2.74. The highest BCUT2D eigenvalue weighted by Crippen LogP contribution is 2.36. The maximum Gasteiger partial charge on any atom is 0.413 e. The van der Waals surface area contributed by atoms with Crippen molar-refractivity contribution >= 4 is 23.1 Å². The molecule has 2 aromatic heterocycles. The van der Waals surface area contributed by atoms with Gasteiger partial charge in [-0.15, -0.1) is 6.42 Å². The van der Waals surface area contributed by atoms with Crippen molar-refractivity contribution in [1.29, 1.82) is 0 Å². The summed E-state index contributed by atoms with van der Waals surface area (Å²) in [6, 6.07) is 0. The van der Waals surface area contributed by atoms with Gasteiger partial charge in [0.2, 0.25) is 0 Å². The van der Waals surface area contributed by atoms with Crippen LogP contribution in [0.5, 0.6) is 0 Å². The van der Waals surface area contributed by atoms with Crippen LogP contribution in [0.2, 0.25) is 0 Å². The minimum absolute atomic E-state index is 0.201. The second-order valence-corrected chi connectivity index (χ2v) is 8.00. The van der Waals surface area contributed by atoms with Gasteiger partial charge < -0.3 is 19.3 Å². The number of hydrogen-bond donors (Lipinski definition) is 2. The van der Waals surface area contributed by atoms with E-state index < -0.39 is 36.0 Å². The highest BCUT2D eigenvalue weighted by molar-refractivity contribution is 5.93. The first-order valence-electron chi connectivity index (χ1n) is 9.80. The summed E-state index contributed by atoms with van der Waals surface area (Å²) >= 11 is 0. The number of aliphatic hydroxyl groups is 1. The minimum atomic E-state index is -0.893. The summed E-state index contributed by atoms with van der Waals surface area (Å²) in [6.07, 6.45) is 6.52. The van der Waals surface area contributed by atoms with Crippen LogP contribution in [0.3, 0.4) is 0 Å². The van der Waals surface area contributed by atoms with E-state index in [1.165, 1.54) is 12.7 Å². The Labute approximate surface area is 175 Å². The second kappa shape index (κ2) is 8.95. The molecule has 2 N–H and O–H groups in total. The number of carbonyl (C=O) groups excluding carboxylic acids is 1. The fourth-order valence-corrected chi connectivity index (χ4v) is 3.18. The van der Waals surface area contributed by atoms with Crippen LogP contribution in [0.4, 0.5) is 10.6 Å². The molecule has 2 aromatic rings. The van der Waals surface area contributed by atoms with Crippen molar-refractivity contribution in [2.24, 2.45) is 5.92 Å². The first-order chi connectivity index (χ1) is 14.2. The van der Waals surface area contributed by atoms with E-state index >= 15 is 0 Å². The number of nitrogens with one attached hydrogen (secondary N) is 1. The zero-order valence-corrected chi connectivity index (χ0v) is 17.5. The molecule has 10 nitrogen and oxygen atoms in total. The normalized spacial score (nSPS) is 24.0. The molecular weight excluding hydrogens is 390 g/mol. The standard InChI is InChI=1S/C20H27N5O5/c1-6-8-28-9-13-15(26)12(7-2)18(29-13)25-11-23-14-16(21-10-22-17(14)25)24-19(27)30-20(3,4)5/h2,10-13,15,18,26H,6,8-9H2,1,3-5H3,(H,21,22,24,27)/t12-,13+,15-,18+/m0/s1. The average Bonchev–Trinajstić information content (AvgIpc) is 3.22. The number of rotatable bonds is 6. The van der Waals surface area contributed by atoms with Crippen molar-refractivity contribution in [1.82, 2.24) is 19.5 Å². The number of hydrogen-bond acceptors (Lipinski definition) is 8. The summed E-state index contributed by atoms with van der Waals surface area (Å²) in [5, 5.41) is 13.2. The molecule has 0 aliphatic carbocycles. The molecule has 3 heterocycles. The molecule has 0 radical (unpaired) electrons. The lowest BCUT2D eigenvalue weighted by Crippen LogP contribution is -2.30. The highest BCUT2D eigenvalue weighted by Gasteiger charge is 2.44. The summed E-state index contributed by atoms with van der Waals surface area (Å²) in [7, 11) is 0. The van der Waals surface area contributed by atoms with Gasteiger partial charge in [0.05, 0.1) is 18.9 Å². The molecule has 1 amide bonds. The molecule has 4 atom stereocenters. The van der Waals surface area contributed by atoms with Crippen LogP contribution in [-0.4, -0.2) is 61.7 Å². The van der Waals surface area contributed by atoms with Gasteiger partial charge in [-0.1, -0.05) is 12.8 Å². The van der Waals surface area contributed by atoms with Crippen LogP contribution in [-0.2, 0) is 14.2 Å². The van der Waals surface area contributed by atoms with Crippen LogP contribution < -0.4 is 5.32 Å². The topological polar surface area (TPSA) is 121 Å². The number of aromatic nitrogens is 4. The Balaban J connectivity index is 1.85. The summed E-state index contributed by atoms with van der Waals surface area (Å²) in [5.74, 6) is 2.18. The molecule has 0 saturated carbocycles. The molecular formula is C20H27N5O5. The molecule has 0 spiro atoms. The molecule has 10 heteroatoms. The van der Waals surface area contributed by atoms with Crippen molar-refractivity contribution in [2.45, 2.75) is 58.2 Å². The number of carbonyl (C=O) groups is 1. The van der Waals surface area contributed by atoms with Gasteiger partial charge in [0.1, 0.15) is 24.1 Å². The molecule has 30 heavy (non-hydrogen) atoms. The summed E-state index contributed by atoms with van der Waals surface area (Å²) in [4.78, 5) is 24.8. The van der Waals surface area contributed by atoms with E-state index in [4.69, 9.17) is 20.6 Å². The number of amides is 1. The largest absolute Gasteiger partial charge is 0.444 e. The number of ether oxygens (including phenoxy) is 3. The van der Waals surface area contributed by atoms with Crippen molar-refractivity contribution in [3.05, 3.63) is 12.7 Å². The lowest BCUT2D eigenvalue weighted by Gasteiger charge is -2.19. The Morgan fingerprint density at radius 1 is 1.40 bits per heavy atom. The SMILES string of the molecule is C#C[C@H]1[C@H](O)[C@@H](COCCC)O[C@H]1n1cnc2c(NC(=O)OC(C)(C)C)ncnc21. The first kappa shape index (κ1) is 22.0. The Kier molecular flexibility index (Phi) is 6.55. The number of imidazole rings is 1. The predicted molar refractivity (Wildman–Crippen MR) is 109 cm³/mol. The van der Waals surface area contributed by atoms with E-state index in [9.17, 15) is 9.90 Å². The third-order valence-corrected chi connectivity index (χ3v) is 4.45. The van der Waals surface area contributed by atoms with Gasteiger partial charge in [-0.2, -0.15) is 0 Å². The van der Waals surface area contributed by atoms with Crippen molar-refractivity contribution < 1.29 is 24.1 Å². The molecule has 1 saturated heterocycles. The lowest BCUT2D eigenvalue weighted by atomic mass is 10.0. The Morgan fingerprint density at radius 2 is 2.17 bits per heavy atom. The van der Waals surface area contributed by atoms with E-state index in [1.807, 2.05) is 6.92 Å². The van der Waals surface area contributed by atoms with E-state index in [0.717, 1.165) is 6.42 Å². The van der Waals surface area contributed by atoms with Crippen LogP contribution in [0.1, 0.15) is 40.3 Å². The second-order valence-electron chi connectivity index (χ2n) is 8.00. The van der Waals surface area contributed by atoms with Crippen LogP contribution in [0.25, 0.3) is 11.2 Å². The number of aliphatic hydroxyl groups excluding tert-OH is 1. The number of fused-ring (bicyclic) bond motifs is 1. The third kappa shape index (κ3) is 4.70. The van der Waals surface area contributed by atoms with Gasteiger partial charge >= 0.3 is 6.09 Å². The summed E-state index contributed by atoms with van der Waals surface area (Å²) in [5.41, 5.74) is 0.102. The molecule has 0 unspecified atom stereocenters. The minimum Gasteiger partial charge on any atom is -0.444 e. The molecule has 0 aromatic carbocycles. The average molecular weight is 417 g/mol. The van der Waals surface area contributed by atoms with Gasteiger partial charge in [-0.25, -0.2) is 19.7 Å². The van der Waals surface area contributed by atoms with Gasteiger partial charge in [0, 0.05) is 6.61 Å². The molecule has 1 fully saturated rings. The molecule has 1 aliphatic rings. The fourth-order valence-electron chi connectivity index (χ4n) is 3.18. The monoisotopic (exact) mass is 417 g/mol.